The van der Waals surface area contributed by atoms with E-state index in [2.05, 4.69) is 33.9 Å². The van der Waals surface area contributed by atoms with Gasteiger partial charge in [-0.05, 0) is 37.3 Å². The van der Waals surface area contributed by atoms with Gasteiger partial charge in [-0.3, -0.25) is 0 Å². The van der Waals surface area contributed by atoms with Gasteiger partial charge in [-0.15, -0.1) is 0 Å². The molecule has 0 spiro atoms. The first-order valence-corrected chi connectivity index (χ1v) is 8.73. The van der Waals surface area contributed by atoms with Crippen molar-refractivity contribution >= 4 is 5.82 Å². The van der Waals surface area contributed by atoms with E-state index in [1.165, 1.54) is 12.8 Å². The Bertz CT molecular complexity index is 633. The summed E-state index contributed by atoms with van der Waals surface area (Å²) in [7, 11) is 2.05. The third-order valence-electron chi connectivity index (χ3n) is 4.20. The average molecular weight is 330 g/mol. The Labute approximate surface area is 143 Å². The van der Waals surface area contributed by atoms with Gasteiger partial charge in [0.05, 0.1) is 11.7 Å². The summed E-state index contributed by atoms with van der Waals surface area (Å²) in [6.07, 6.45) is 6.47. The quantitative estimate of drug-likeness (QED) is 0.809. The number of likely N-dealkylation sites (N-methyl/N-ethyl adjacent to an activating group) is 1. The second-order valence-corrected chi connectivity index (χ2v) is 6.89. The zero-order valence-corrected chi connectivity index (χ0v) is 14.7. The molecule has 0 aliphatic carbocycles. The Balaban J connectivity index is 1.63. The molecule has 0 amide bonds. The molecule has 1 saturated heterocycles. The van der Waals surface area contributed by atoms with E-state index in [1.807, 2.05) is 19.2 Å². The molecule has 6 nitrogen and oxygen atoms in total. The van der Waals surface area contributed by atoms with Crippen molar-refractivity contribution in [1.29, 1.82) is 0 Å². The van der Waals surface area contributed by atoms with Gasteiger partial charge in [0.25, 0.3) is 5.89 Å². The summed E-state index contributed by atoms with van der Waals surface area (Å²) in [6, 6.07) is 3.97. The first kappa shape index (κ1) is 16.9. The minimum Gasteiger partial charge on any atom is -0.376 e. The minimum absolute atomic E-state index is 0.305. The van der Waals surface area contributed by atoms with Crippen LogP contribution in [0.5, 0.6) is 0 Å². The summed E-state index contributed by atoms with van der Waals surface area (Å²) >= 11 is 0. The molecule has 3 heterocycles. The lowest BCUT2D eigenvalue weighted by Crippen LogP contribution is -2.33. The smallest absolute Gasteiger partial charge is 0.259 e. The van der Waals surface area contributed by atoms with Crippen LogP contribution in [0, 0.1) is 5.92 Å². The number of hydrogen-bond acceptors (Lipinski definition) is 6. The third kappa shape index (κ3) is 4.32. The van der Waals surface area contributed by atoms with Crippen LogP contribution in [0.15, 0.2) is 22.9 Å². The molecule has 0 saturated carbocycles. The molecule has 24 heavy (non-hydrogen) atoms. The van der Waals surface area contributed by atoms with Crippen molar-refractivity contribution in [1.82, 2.24) is 15.1 Å². The maximum absolute atomic E-state index is 5.79. The standard InChI is InChI=1S/C18H26N4O2/c1-13(2)10-16-20-18(24-21-16)14-7-8-17(19-11-14)22(3)12-15-6-4-5-9-23-15/h7-8,11,13,15H,4-6,9-10,12H2,1-3H3. The molecule has 1 atom stereocenters. The van der Waals surface area contributed by atoms with E-state index >= 15 is 0 Å². The summed E-state index contributed by atoms with van der Waals surface area (Å²) in [6.45, 7) is 6.02. The van der Waals surface area contributed by atoms with Crippen LogP contribution in [-0.4, -0.2) is 41.4 Å². The first-order valence-electron chi connectivity index (χ1n) is 8.73. The predicted octanol–water partition coefficient (Wildman–Crippen LogP) is 3.34. The largest absolute Gasteiger partial charge is 0.376 e. The normalized spacial score (nSPS) is 18.1. The second-order valence-electron chi connectivity index (χ2n) is 6.89. The predicted molar refractivity (Wildman–Crippen MR) is 92.9 cm³/mol. The molecule has 1 fully saturated rings. The molecular formula is C18H26N4O2. The third-order valence-corrected chi connectivity index (χ3v) is 4.20. The van der Waals surface area contributed by atoms with Crippen LogP contribution in [0.3, 0.4) is 0 Å². The molecule has 6 heteroatoms. The fourth-order valence-corrected chi connectivity index (χ4v) is 2.91. The van der Waals surface area contributed by atoms with Gasteiger partial charge >= 0.3 is 0 Å². The van der Waals surface area contributed by atoms with Gasteiger partial charge in [-0.2, -0.15) is 4.98 Å². The highest BCUT2D eigenvalue weighted by atomic mass is 16.5. The fourth-order valence-electron chi connectivity index (χ4n) is 2.91. The van der Waals surface area contributed by atoms with Gasteiger partial charge in [0.2, 0.25) is 0 Å². The zero-order valence-electron chi connectivity index (χ0n) is 14.7. The lowest BCUT2D eigenvalue weighted by Gasteiger charge is -2.28. The number of aromatic nitrogens is 3. The summed E-state index contributed by atoms with van der Waals surface area (Å²) < 4.78 is 11.1. The molecule has 3 rings (SSSR count). The number of hydrogen-bond donors (Lipinski definition) is 0. The monoisotopic (exact) mass is 330 g/mol. The van der Waals surface area contributed by atoms with Crippen LogP contribution in [0.4, 0.5) is 5.82 Å². The molecule has 0 N–H and O–H groups in total. The van der Waals surface area contributed by atoms with E-state index in [0.717, 1.165) is 43.2 Å². The van der Waals surface area contributed by atoms with Crippen molar-refractivity contribution in [3.05, 3.63) is 24.2 Å². The van der Waals surface area contributed by atoms with Crippen molar-refractivity contribution in [2.45, 2.75) is 45.6 Å². The maximum Gasteiger partial charge on any atom is 0.259 e. The van der Waals surface area contributed by atoms with Crippen LogP contribution >= 0.6 is 0 Å². The topological polar surface area (TPSA) is 64.3 Å². The molecule has 1 unspecified atom stereocenters. The molecule has 0 radical (unpaired) electrons. The Morgan fingerprint density at radius 1 is 1.29 bits per heavy atom. The average Bonchev–Trinajstić information content (AvgIpc) is 3.03. The van der Waals surface area contributed by atoms with Crippen molar-refractivity contribution in [3.63, 3.8) is 0 Å². The van der Waals surface area contributed by atoms with E-state index in [9.17, 15) is 0 Å². The Morgan fingerprint density at radius 3 is 2.83 bits per heavy atom. The molecule has 130 valence electrons. The van der Waals surface area contributed by atoms with Crippen LogP contribution in [-0.2, 0) is 11.2 Å². The first-order chi connectivity index (χ1) is 11.6. The van der Waals surface area contributed by atoms with Crippen molar-refractivity contribution < 1.29 is 9.26 Å². The van der Waals surface area contributed by atoms with Crippen molar-refractivity contribution in [3.8, 4) is 11.5 Å². The molecule has 1 aliphatic heterocycles. The van der Waals surface area contributed by atoms with Crippen LogP contribution in [0.2, 0.25) is 0 Å². The van der Waals surface area contributed by atoms with Gasteiger partial charge in [-0.25, -0.2) is 4.98 Å². The fraction of sp³-hybridized carbons (Fsp3) is 0.611. The van der Waals surface area contributed by atoms with E-state index < -0.39 is 0 Å². The van der Waals surface area contributed by atoms with Gasteiger partial charge in [0.1, 0.15) is 5.82 Å². The summed E-state index contributed by atoms with van der Waals surface area (Å²) in [5.41, 5.74) is 0.851. The summed E-state index contributed by atoms with van der Waals surface area (Å²) in [5.74, 6) is 2.71. The van der Waals surface area contributed by atoms with Gasteiger partial charge in [-0.1, -0.05) is 19.0 Å². The second kappa shape index (κ2) is 7.75. The van der Waals surface area contributed by atoms with Crippen molar-refractivity contribution in [2.24, 2.45) is 5.92 Å². The van der Waals surface area contributed by atoms with Crippen LogP contribution < -0.4 is 4.90 Å². The molecule has 0 bridgehead atoms. The SMILES string of the molecule is CC(C)Cc1noc(-c2ccc(N(C)CC3CCCCO3)nc2)n1. The van der Waals surface area contributed by atoms with Crippen molar-refractivity contribution in [2.75, 3.05) is 25.1 Å². The zero-order chi connectivity index (χ0) is 16.9. The number of anilines is 1. The van der Waals surface area contributed by atoms with E-state index in [-0.39, 0.29) is 0 Å². The summed E-state index contributed by atoms with van der Waals surface area (Å²) in [4.78, 5) is 11.1. The minimum atomic E-state index is 0.305. The number of pyridine rings is 1. The van der Waals surface area contributed by atoms with Crippen LogP contribution in [0.1, 0.15) is 38.9 Å². The number of rotatable bonds is 6. The molecule has 2 aromatic rings. The highest BCUT2D eigenvalue weighted by Gasteiger charge is 2.17. The van der Waals surface area contributed by atoms with E-state index in [4.69, 9.17) is 9.26 Å². The lowest BCUT2D eigenvalue weighted by molar-refractivity contribution is 0.0215. The molecular weight excluding hydrogens is 304 g/mol. The van der Waals surface area contributed by atoms with Crippen LogP contribution in [0.25, 0.3) is 11.5 Å². The molecule has 1 aliphatic rings. The Morgan fingerprint density at radius 2 is 2.17 bits per heavy atom. The van der Waals surface area contributed by atoms with E-state index in [1.54, 1.807) is 6.20 Å². The molecule has 0 aromatic carbocycles. The van der Waals surface area contributed by atoms with E-state index in [0.29, 0.717) is 17.9 Å². The van der Waals surface area contributed by atoms with Gasteiger partial charge in [0, 0.05) is 32.8 Å². The Hall–Kier alpha value is -1.95. The highest BCUT2D eigenvalue weighted by molar-refractivity contribution is 5.54. The number of ether oxygens (including phenoxy) is 1. The molecule has 2 aromatic heterocycles. The summed E-state index contributed by atoms with van der Waals surface area (Å²) in [5, 5.41) is 4.03. The lowest BCUT2D eigenvalue weighted by atomic mass is 10.1. The van der Waals surface area contributed by atoms with Gasteiger partial charge < -0.3 is 14.2 Å². The highest BCUT2D eigenvalue weighted by Crippen LogP contribution is 2.21. The maximum atomic E-state index is 5.79. The number of nitrogens with zero attached hydrogens (tertiary/aromatic N) is 4. The Kier molecular flexibility index (Phi) is 5.45. The van der Waals surface area contributed by atoms with Gasteiger partial charge in [0.15, 0.2) is 5.82 Å².